The van der Waals surface area contributed by atoms with Crippen molar-refractivity contribution >= 4 is 21.8 Å². The van der Waals surface area contributed by atoms with Crippen LogP contribution in [0.25, 0.3) is 0 Å². The molecule has 0 saturated carbocycles. The van der Waals surface area contributed by atoms with Crippen molar-refractivity contribution in [3.63, 3.8) is 0 Å². The van der Waals surface area contributed by atoms with Gasteiger partial charge in [0, 0.05) is 12.6 Å². The molecule has 0 unspecified atom stereocenters. The number of piperidine rings is 1. The standard InChI is InChI=1S/C20H25F3N2O2S2.C5H12/c1-15-6-8-18(9-7-15)29(26,27)25(17-10-12-24-13-11-17)14-16-4-2-3-5-19(16)28-20(21,22)23;1-3-5-4-2/h2,4,6-9,17,24H,3,5,10-14H2,1H3;3-5H2,1-2H3. The fraction of sp³-hybridized carbons (Fsp3) is 0.600. The van der Waals surface area contributed by atoms with Crippen molar-refractivity contribution < 1.29 is 21.6 Å². The number of nitrogens with one attached hydrogen (secondary N) is 1. The molecule has 1 N–H and O–H groups in total. The average molecular weight is 519 g/mol. The monoisotopic (exact) mass is 518 g/mol. The van der Waals surface area contributed by atoms with Gasteiger partial charge in [0.2, 0.25) is 10.0 Å². The second-order valence-corrected chi connectivity index (χ2v) is 11.7. The predicted octanol–water partition coefficient (Wildman–Crippen LogP) is 6.79. The van der Waals surface area contributed by atoms with E-state index in [4.69, 9.17) is 0 Å². The Labute approximate surface area is 207 Å². The molecule has 4 nitrogen and oxygen atoms in total. The van der Waals surface area contributed by atoms with E-state index in [2.05, 4.69) is 19.2 Å². The molecule has 1 aliphatic carbocycles. The summed E-state index contributed by atoms with van der Waals surface area (Å²) in [6, 6.07) is 6.35. The summed E-state index contributed by atoms with van der Waals surface area (Å²) in [5.74, 6) is 0. The van der Waals surface area contributed by atoms with E-state index in [1.807, 2.05) is 13.0 Å². The van der Waals surface area contributed by atoms with E-state index in [1.54, 1.807) is 30.3 Å². The molecule has 0 spiro atoms. The second kappa shape index (κ2) is 13.7. The molecule has 2 aliphatic rings. The summed E-state index contributed by atoms with van der Waals surface area (Å²) in [7, 11) is -3.84. The highest BCUT2D eigenvalue weighted by molar-refractivity contribution is 8.03. The molecule has 1 heterocycles. The lowest BCUT2D eigenvalue weighted by molar-refractivity contribution is -0.0322. The summed E-state index contributed by atoms with van der Waals surface area (Å²) in [5, 5.41) is 3.21. The van der Waals surface area contributed by atoms with Crippen molar-refractivity contribution in [2.75, 3.05) is 19.6 Å². The van der Waals surface area contributed by atoms with Crippen molar-refractivity contribution in [3.05, 3.63) is 52.5 Å². The molecular weight excluding hydrogens is 481 g/mol. The van der Waals surface area contributed by atoms with E-state index in [-0.39, 0.29) is 40.6 Å². The van der Waals surface area contributed by atoms with Crippen LogP contribution in [-0.2, 0) is 10.0 Å². The number of aryl methyl sites for hydroxylation is 1. The first kappa shape index (κ1) is 28.9. The van der Waals surface area contributed by atoms with Gasteiger partial charge < -0.3 is 5.32 Å². The maximum Gasteiger partial charge on any atom is 0.446 e. The van der Waals surface area contributed by atoms with Crippen molar-refractivity contribution in [1.29, 1.82) is 0 Å². The normalized spacial score (nSPS) is 17.6. The fourth-order valence-electron chi connectivity index (χ4n) is 3.96. The summed E-state index contributed by atoms with van der Waals surface area (Å²) >= 11 is -0.123. The van der Waals surface area contributed by atoms with Crippen LogP contribution in [0.15, 0.2) is 51.8 Å². The zero-order chi connectivity index (χ0) is 25.2. The Kier molecular flexibility index (Phi) is 11.7. The highest BCUT2D eigenvalue weighted by Gasteiger charge is 2.35. The predicted molar refractivity (Wildman–Crippen MR) is 135 cm³/mol. The first-order valence-corrected chi connectivity index (χ1v) is 14.3. The number of alkyl halides is 3. The van der Waals surface area contributed by atoms with Crippen LogP contribution in [0.3, 0.4) is 0 Å². The van der Waals surface area contributed by atoms with E-state index in [1.165, 1.54) is 23.6 Å². The molecular formula is C25H37F3N2O2S2. The number of nitrogens with zero attached hydrogens (tertiary/aromatic N) is 1. The zero-order valence-electron chi connectivity index (χ0n) is 20.3. The minimum absolute atomic E-state index is 0.0458. The number of thioether (sulfide) groups is 1. The molecule has 1 aliphatic heterocycles. The Morgan fingerprint density at radius 3 is 2.24 bits per heavy atom. The molecule has 3 rings (SSSR count). The zero-order valence-corrected chi connectivity index (χ0v) is 22.0. The minimum Gasteiger partial charge on any atom is -0.317 e. The molecule has 9 heteroatoms. The first-order valence-electron chi connectivity index (χ1n) is 12.0. The molecule has 1 aromatic rings. The molecule has 0 bridgehead atoms. The topological polar surface area (TPSA) is 49.4 Å². The fourth-order valence-corrected chi connectivity index (χ4v) is 6.39. The van der Waals surface area contributed by atoms with Crippen LogP contribution >= 0.6 is 11.8 Å². The van der Waals surface area contributed by atoms with Gasteiger partial charge in [-0.3, -0.25) is 0 Å². The molecule has 34 heavy (non-hydrogen) atoms. The smallest absolute Gasteiger partial charge is 0.317 e. The quantitative estimate of drug-likeness (QED) is 0.412. The molecule has 0 atom stereocenters. The van der Waals surface area contributed by atoms with Gasteiger partial charge in [-0.25, -0.2) is 8.42 Å². The van der Waals surface area contributed by atoms with Crippen LogP contribution in [0.4, 0.5) is 13.2 Å². The molecule has 0 amide bonds. The van der Waals surface area contributed by atoms with Gasteiger partial charge in [0.15, 0.2) is 0 Å². The Morgan fingerprint density at radius 1 is 1.09 bits per heavy atom. The van der Waals surface area contributed by atoms with Crippen molar-refractivity contribution in [3.8, 4) is 0 Å². The molecule has 0 aromatic heterocycles. The third kappa shape index (κ3) is 9.06. The van der Waals surface area contributed by atoms with Crippen molar-refractivity contribution in [2.45, 2.75) is 82.2 Å². The summed E-state index contributed by atoms with van der Waals surface area (Å²) < 4.78 is 67.3. The van der Waals surface area contributed by atoms with E-state index >= 15 is 0 Å². The Morgan fingerprint density at radius 2 is 1.71 bits per heavy atom. The van der Waals surface area contributed by atoms with Crippen LogP contribution in [0.1, 0.15) is 64.4 Å². The van der Waals surface area contributed by atoms with Crippen LogP contribution in [-0.4, -0.2) is 43.9 Å². The van der Waals surface area contributed by atoms with Crippen LogP contribution in [0.5, 0.6) is 0 Å². The maximum absolute atomic E-state index is 13.4. The van der Waals surface area contributed by atoms with Gasteiger partial charge in [-0.15, -0.1) is 0 Å². The van der Waals surface area contributed by atoms with Gasteiger partial charge >= 0.3 is 5.51 Å². The van der Waals surface area contributed by atoms with Crippen LogP contribution in [0.2, 0.25) is 0 Å². The number of halogens is 3. The maximum atomic E-state index is 13.4. The lowest BCUT2D eigenvalue weighted by Crippen LogP contribution is -2.46. The molecule has 1 saturated heterocycles. The highest BCUT2D eigenvalue weighted by Crippen LogP contribution is 2.42. The van der Waals surface area contributed by atoms with Gasteiger partial charge in [0.05, 0.1) is 4.90 Å². The second-order valence-electron chi connectivity index (χ2n) is 8.64. The molecule has 1 fully saturated rings. The Bertz CT molecular complexity index is 918. The number of rotatable bonds is 8. The summed E-state index contributed by atoms with van der Waals surface area (Å²) in [6.07, 6.45) is 9.60. The van der Waals surface area contributed by atoms with E-state index in [0.29, 0.717) is 37.9 Å². The third-order valence-corrected chi connectivity index (χ3v) is 8.69. The van der Waals surface area contributed by atoms with Crippen molar-refractivity contribution in [1.82, 2.24) is 9.62 Å². The van der Waals surface area contributed by atoms with E-state index in [9.17, 15) is 21.6 Å². The van der Waals surface area contributed by atoms with Crippen LogP contribution in [0, 0.1) is 6.92 Å². The number of hydrogen-bond acceptors (Lipinski definition) is 4. The molecule has 1 aromatic carbocycles. The summed E-state index contributed by atoms with van der Waals surface area (Å²) in [6.45, 7) is 7.62. The summed E-state index contributed by atoms with van der Waals surface area (Å²) in [5.41, 5.74) is -3.01. The minimum atomic E-state index is -4.39. The molecule has 192 valence electrons. The van der Waals surface area contributed by atoms with Gasteiger partial charge in [-0.2, -0.15) is 17.5 Å². The number of sulfonamides is 1. The van der Waals surface area contributed by atoms with Gasteiger partial charge in [-0.1, -0.05) is 63.0 Å². The van der Waals surface area contributed by atoms with E-state index < -0.39 is 15.5 Å². The Balaban J connectivity index is 0.000000739. The largest absolute Gasteiger partial charge is 0.446 e. The highest BCUT2D eigenvalue weighted by atomic mass is 32.2. The number of benzene rings is 1. The SMILES string of the molecule is CCCCC.Cc1ccc(S(=O)(=O)N(CC2=C(SC(F)(F)F)CCC=C2)C2CCNCC2)cc1. The first-order chi connectivity index (χ1) is 16.1. The van der Waals surface area contributed by atoms with Gasteiger partial charge in [-0.05, 0) is 80.1 Å². The number of unbranched alkanes of at least 4 members (excludes halogenated alkanes) is 2. The van der Waals surface area contributed by atoms with Crippen molar-refractivity contribution in [2.24, 2.45) is 0 Å². The average Bonchev–Trinajstić information content (AvgIpc) is 2.79. The Hall–Kier alpha value is -1.29. The van der Waals surface area contributed by atoms with Crippen LogP contribution < -0.4 is 5.32 Å². The molecule has 0 radical (unpaired) electrons. The van der Waals surface area contributed by atoms with Gasteiger partial charge in [0.1, 0.15) is 0 Å². The van der Waals surface area contributed by atoms with Gasteiger partial charge in [0.25, 0.3) is 0 Å². The lowest BCUT2D eigenvalue weighted by Gasteiger charge is -2.35. The number of hydrogen-bond donors (Lipinski definition) is 1. The third-order valence-electron chi connectivity index (χ3n) is 5.83. The van der Waals surface area contributed by atoms with E-state index in [0.717, 1.165) is 5.56 Å². The number of allylic oxidation sites excluding steroid dienone is 2. The summed E-state index contributed by atoms with van der Waals surface area (Å²) in [4.78, 5) is 0.380. The lowest BCUT2D eigenvalue weighted by atomic mass is 10.0.